The van der Waals surface area contributed by atoms with Gasteiger partial charge >= 0.3 is 0 Å². The van der Waals surface area contributed by atoms with Crippen molar-refractivity contribution in [2.75, 3.05) is 5.75 Å². The van der Waals surface area contributed by atoms with E-state index in [1.54, 1.807) is 0 Å². The first kappa shape index (κ1) is 10.8. The maximum Gasteiger partial charge on any atom is 0.143 e. The minimum Gasteiger partial charge on any atom is -0.303 e. The molecule has 3 heteroatoms. The summed E-state index contributed by atoms with van der Waals surface area (Å²) in [5.74, 6) is 1.37. The molecular weight excluding hydrogens is 174 g/mol. The average Bonchev–Trinajstić information content (AvgIpc) is 2.31. The zero-order valence-corrected chi connectivity index (χ0v) is 9.68. The maximum absolute atomic E-state index is 2.43. The lowest BCUT2D eigenvalue weighted by molar-refractivity contribution is 1.10. The van der Waals surface area contributed by atoms with Crippen LogP contribution in [0.2, 0.25) is 0 Å². The first-order valence-corrected chi connectivity index (χ1v) is 7.56. The Morgan fingerprint density at radius 3 is 2.08 bits per heavy atom. The monoisotopic (exact) mass is 192 g/mol. The van der Waals surface area contributed by atoms with Crippen molar-refractivity contribution in [2.24, 2.45) is 0 Å². The summed E-state index contributed by atoms with van der Waals surface area (Å²) in [4.78, 5) is 0. The standard InChI is InChI=1S/C10H18B2S/c1-2-9-13(11,12)10-7-5-3-4-6-8-10/h3-8,10H,2,9,11-12H2,1H3. The van der Waals surface area contributed by atoms with Crippen LogP contribution in [0.15, 0.2) is 36.5 Å². The largest absolute Gasteiger partial charge is 0.303 e. The highest BCUT2D eigenvalue weighted by Crippen LogP contribution is 2.45. The van der Waals surface area contributed by atoms with Crippen LogP contribution in [0, 0.1) is 0 Å². The summed E-state index contributed by atoms with van der Waals surface area (Å²) in [5, 5.41) is 0.669. The lowest BCUT2D eigenvalue weighted by Crippen LogP contribution is -2.17. The van der Waals surface area contributed by atoms with E-state index in [0.717, 1.165) is 0 Å². The number of rotatable bonds is 3. The van der Waals surface area contributed by atoms with E-state index in [9.17, 15) is 0 Å². The molecule has 0 saturated heterocycles. The average molecular weight is 192 g/mol. The van der Waals surface area contributed by atoms with E-state index >= 15 is 0 Å². The lowest BCUT2D eigenvalue weighted by Gasteiger charge is -2.37. The van der Waals surface area contributed by atoms with Gasteiger partial charge in [-0.25, -0.2) is 0 Å². The quantitative estimate of drug-likeness (QED) is 0.592. The van der Waals surface area contributed by atoms with Crippen LogP contribution in [-0.2, 0) is 0 Å². The third-order valence-corrected chi connectivity index (χ3v) is 5.65. The van der Waals surface area contributed by atoms with E-state index in [2.05, 4.69) is 57.6 Å². The van der Waals surface area contributed by atoms with E-state index in [4.69, 9.17) is 0 Å². The maximum atomic E-state index is 2.43. The molecule has 0 bridgehead atoms. The summed E-state index contributed by atoms with van der Waals surface area (Å²) >= 11 is 0. The van der Waals surface area contributed by atoms with Gasteiger partial charge in [0, 0.05) is 5.25 Å². The predicted molar refractivity (Wildman–Crippen MR) is 71.0 cm³/mol. The molecule has 0 aliphatic heterocycles. The van der Waals surface area contributed by atoms with Crippen molar-refractivity contribution in [3.05, 3.63) is 36.5 Å². The lowest BCUT2D eigenvalue weighted by atomic mass is 10.4. The van der Waals surface area contributed by atoms with Crippen molar-refractivity contribution in [1.82, 2.24) is 0 Å². The van der Waals surface area contributed by atoms with Gasteiger partial charge in [0.15, 0.2) is 0 Å². The topological polar surface area (TPSA) is 0 Å². The van der Waals surface area contributed by atoms with Crippen LogP contribution >= 0.6 is 9.73 Å². The van der Waals surface area contributed by atoms with Gasteiger partial charge in [0.05, 0.1) is 0 Å². The molecule has 0 aromatic rings. The number of hydrogen-bond donors (Lipinski definition) is 0. The number of hydrogen-bond acceptors (Lipinski definition) is 0. The highest BCUT2D eigenvalue weighted by molar-refractivity contribution is 8.64. The molecule has 0 aromatic heterocycles. The van der Waals surface area contributed by atoms with Crippen LogP contribution in [0.1, 0.15) is 13.3 Å². The van der Waals surface area contributed by atoms with Crippen molar-refractivity contribution in [2.45, 2.75) is 18.6 Å². The molecule has 0 spiro atoms. The summed E-state index contributed by atoms with van der Waals surface area (Å²) in [7, 11) is 4.39. The van der Waals surface area contributed by atoms with Gasteiger partial charge in [0.2, 0.25) is 0 Å². The molecule has 0 atom stereocenters. The molecule has 1 aliphatic rings. The third-order valence-electron chi connectivity index (χ3n) is 2.40. The number of allylic oxidation sites excluding steroid dienone is 4. The van der Waals surface area contributed by atoms with E-state index in [1.807, 2.05) is 0 Å². The second-order valence-corrected chi connectivity index (χ2v) is 8.15. The predicted octanol–water partition coefficient (Wildman–Crippen LogP) is 1.35. The van der Waals surface area contributed by atoms with Gasteiger partial charge < -0.3 is 9.73 Å². The van der Waals surface area contributed by atoms with Gasteiger partial charge in [0.1, 0.15) is 14.2 Å². The van der Waals surface area contributed by atoms with Gasteiger partial charge in [0.25, 0.3) is 0 Å². The van der Waals surface area contributed by atoms with Gasteiger partial charge in [-0.05, 0) is 5.75 Å². The third kappa shape index (κ3) is 3.15. The van der Waals surface area contributed by atoms with E-state index in [1.165, 1.54) is 12.2 Å². The summed E-state index contributed by atoms with van der Waals surface area (Å²) in [5.41, 5.74) is 0. The van der Waals surface area contributed by atoms with Crippen LogP contribution in [0.5, 0.6) is 0 Å². The van der Waals surface area contributed by atoms with Crippen LogP contribution in [0.3, 0.4) is 0 Å². The van der Waals surface area contributed by atoms with Crippen LogP contribution in [0.4, 0.5) is 0 Å². The molecule has 1 rings (SSSR count). The van der Waals surface area contributed by atoms with E-state index < -0.39 is 9.73 Å². The fourth-order valence-corrected chi connectivity index (χ4v) is 3.98. The highest BCUT2D eigenvalue weighted by atomic mass is 32.3. The zero-order valence-electron chi connectivity index (χ0n) is 8.86. The Kier molecular flexibility index (Phi) is 3.98. The molecule has 0 heterocycles. The van der Waals surface area contributed by atoms with E-state index in [-0.39, 0.29) is 0 Å². The molecule has 0 unspecified atom stereocenters. The van der Waals surface area contributed by atoms with Gasteiger partial charge in [-0.15, -0.1) is 0 Å². The minimum absolute atomic E-state index is 0.470. The normalized spacial score (nSPS) is 18.8. The molecule has 0 radical (unpaired) electrons. The Hall–Kier alpha value is -0.300. The zero-order chi connectivity index (χ0) is 9.73. The Balaban J connectivity index is 2.70. The fourth-order valence-electron chi connectivity index (χ4n) is 1.63. The van der Waals surface area contributed by atoms with Crippen molar-refractivity contribution >= 4 is 24.0 Å². The van der Waals surface area contributed by atoms with Crippen molar-refractivity contribution in [1.29, 1.82) is 0 Å². The first-order valence-electron chi connectivity index (χ1n) is 4.88. The Morgan fingerprint density at radius 1 is 1.08 bits per heavy atom. The van der Waals surface area contributed by atoms with Gasteiger partial charge in [-0.3, -0.25) is 0 Å². The summed E-state index contributed by atoms with van der Waals surface area (Å²) in [6, 6.07) is 0. The summed E-state index contributed by atoms with van der Waals surface area (Å²) < 4.78 is 0. The van der Waals surface area contributed by atoms with Crippen molar-refractivity contribution in [3.8, 4) is 0 Å². The Bertz CT molecular complexity index is 225. The Morgan fingerprint density at radius 2 is 1.62 bits per heavy atom. The highest BCUT2D eigenvalue weighted by Gasteiger charge is 2.18. The molecule has 0 nitrogen and oxygen atoms in total. The second kappa shape index (κ2) is 4.80. The van der Waals surface area contributed by atoms with Crippen molar-refractivity contribution in [3.63, 3.8) is 0 Å². The Labute approximate surface area is 85.1 Å². The van der Waals surface area contributed by atoms with Crippen molar-refractivity contribution < 1.29 is 0 Å². The second-order valence-electron chi connectivity index (χ2n) is 3.95. The molecule has 13 heavy (non-hydrogen) atoms. The first-order chi connectivity index (χ1) is 6.17. The molecule has 0 saturated carbocycles. The van der Waals surface area contributed by atoms with E-state index in [0.29, 0.717) is 5.25 Å². The minimum atomic E-state index is -0.470. The van der Waals surface area contributed by atoms with Crippen LogP contribution < -0.4 is 0 Å². The molecule has 70 valence electrons. The fraction of sp³-hybridized carbons (Fsp3) is 0.400. The van der Waals surface area contributed by atoms with Gasteiger partial charge in [-0.2, -0.15) is 0 Å². The molecule has 0 aromatic carbocycles. The van der Waals surface area contributed by atoms with Crippen LogP contribution in [-0.4, -0.2) is 25.3 Å². The molecule has 1 aliphatic carbocycles. The molecule has 0 N–H and O–H groups in total. The SMILES string of the molecule is BS(B)(CCC)C1C=CC=CC=C1. The molecule has 0 amide bonds. The van der Waals surface area contributed by atoms with Gasteiger partial charge in [-0.1, -0.05) is 49.8 Å². The smallest absolute Gasteiger partial charge is 0.143 e. The summed E-state index contributed by atoms with van der Waals surface area (Å²) in [6.45, 7) is 2.27. The van der Waals surface area contributed by atoms with Crippen LogP contribution in [0.25, 0.3) is 0 Å². The molecule has 0 fully saturated rings. The summed E-state index contributed by atoms with van der Waals surface area (Å²) in [6.07, 6.45) is 14.5. The molecular formula is C10H18B2S.